The number of alkyl carbamates (subject to hydrolysis) is 1. The summed E-state index contributed by atoms with van der Waals surface area (Å²) in [5.74, 6) is 1.21. The first-order chi connectivity index (χ1) is 14.4. The summed E-state index contributed by atoms with van der Waals surface area (Å²) >= 11 is 0. The van der Waals surface area contributed by atoms with Crippen LogP contribution in [0.4, 0.5) is 16.3 Å². The van der Waals surface area contributed by atoms with Crippen LogP contribution in [0.15, 0.2) is 24.3 Å². The predicted molar refractivity (Wildman–Crippen MR) is 114 cm³/mol. The van der Waals surface area contributed by atoms with Gasteiger partial charge in [0.25, 0.3) is 0 Å². The number of hydrogen-bond acceptors (Lipinski definition) is 5. The fourth-order valence-electron chi connectivity index (χ4n) is 4.17. The highest BCUT2D eigenvalue weighted by molar-refractivity contribution is 5.81. The molecule has 1 aliphatic carbocycles. The van der Waals surface area contributed by atoms with Crippen molar-refractivity contribution < 1.29 is 14.3 Å². The maximum atomic E-state index is 11.9. The quantitative estimate of drug-likeness (QED) is 0.700. The van der Waals surface area contributed by atoms with E-state index in [1.165, 1.54) is 0 Å². The lowest BCUT2D eigenvalue weighted by Gasteiger charge is -2.25. The standard InChI is InChI=1S/C22H29N5O3/c1-13(2)23-22(29)30-18-7-5-15(9-18)19-11-20(26-25-19)24-17-6-4-14-10-21(28)27(3)12-16(14)8-17/h4,6,8,11,13,15,18H,5,7,9-10,12H2,1-3H3,(H,23,29)(H2,24,25,26)/t15-,18+/m0/s1. The second-order valence-electron chi connectivity index (χ2n) is 8.58. The number of hydrogen-bond donors (Lipinski definition) is 3. The molecule has 30 heavy (non-hydrogen) atoms. The minimum atomic E-state index is -0.345. The molecule has 2 aromatic rings. The van der Waals surface area contributed by atoms with Gasteiger partial charge in [0.1, 0.15) is 6.10 Å². The second kappa shape index (κ2) is 8.38. The van der Waals surface area contributed by atoms with Gasteiger partial charge in [-0.05, 0) is 56.4 Å². The Morgan fingerprint density at radius 1 is 1.27 bits per heavy atom. The Labute approximate surface area is 176 Å². The third-order valence-electron chi connectivity index (χ3n) is 5.76. The van der Waals surface area contributed by atoms with Crippen LogP contribution >= 0.6 is 0 Å². The summed E-state index contributed by atoms with van der Waals surface area (Å²) < 4.78 is 5.52. The van der Waals surface area contributed by atoms with Gasteiger partial charge in [-0.25, -0.2) is 4.79 Å². The van der Waals surface area contributed by atoms with E-state index in [1.54, 1.807) is 4.90 Å². The Bertz CT molecular complexity index is 939. The van der Waals surface area contributed by atoms with E-state index < -0.39 is 0 Å². The van der Waals surface area contributed by atoms with Crippen LogP contribution in [0.1, 0.15) is 55.8 Å². The SMILES string of the molecule is CC(C)NC(=O)O[C@@H]1CC[C@H](c2cc(Nc3ccc4c(c3)CN(C)C(=O)C4)n[nH]2)C1. The number of aromatic amines is 1. The highest BCUT2D eigenvalue weighted by atomic mass is 16.6. The van der Waals surface area contributed by atoms with Crippen molar-refractivity contribution in [3.8, 4) is 0 Å². The van der Waals surface area contributed by atoms with Gasteiger partial charge in [0.15, 0.2) is 5.82 Å². The summed E-state index contributed by atoms with van der Waals surface area (Å²) in [6.45, 7) is 4.46. The zero-order valence-electron chi connectivity index (χ0n) is 17.7. The van der Waals surface area contributed by atoms with Crippen molar-refractivity contribution in [3.63, 3.8) is 0 Å². The summed E-state index contributed by atoms with van der Waals surface area (Å²) in [5.41, 5.74) is 4.25. The van der Waals surface area contributed by atoms with Crippen LogP contribution in [0.25, 0.3) is 0 Å². The highest BCUT2D eigenvalue weighted by Gasteiger charge is 2.30. The molecule has 1 aromatic heterocycles. The zero-order chi connectivity index (χ0) is 21.3. The molecule has 2 aliphatic rings. The highest BCUT2D eigenvalue weighted by Crippen LogP contribution is 2.36. The molecule has 1 fully saturated rings. The number of carbonyl (C=O) groups excluding carboxylic acids is 2. The fraction of sp³-hybridized carbons (Fsp3) is 0.500. The number of nitrogens with zero attached hydrogens (tertiary/aromatic N) is 2. The number of benzene rings is 1. The number of fused-ring (bicyclic) bond motifs is 1. The van der Waals surface area contributed by atoms with Gasteiger partial charge < -0.3 is 20.3 Å². The third-order valence-corrected chi connectivity index (χ3v) is 5.76. The summed E-state index contributed by atoms with van der Waals surface area (Å²) in [6, 6.07) is 8.17. The molecule has 1 aliphatic heterocycles. The lowest BCUT2D eigenvalue weighted by Crippen LogP contribution is -2.33. The molecule has 2 amide bonds. The number of nitrogens with one attached hydrogen (secondary N) is 3. The van der Waals surface area contributed by atoms with E-state index >= 15 is 0 Å². The number of amides is 2. The van der Waals surface area contributed by atoms with E-state index in [1.807, 2.05) is 39.1 Å². The average molecular weight is 412 g/mol. The molecule has 8 nitrogen and oxygen atoms in total. The Hall–Kier alpha value is -3.03. The largest absolute Gasteiger partial charge is 0.446 e. The summed E-state index contributed by atoms with van der Waals surface area (Å²) in [7, 11) is 1.83. The molecule has 0 radical (unpaired) electrons. The minimum absolute atomic E-state index is 0.0613. The molecule has 0 bridgehead atoms. The molecule has 8 heteroatoms. The maximum absolute atomic E-state index is 11.9. The Morgan fingerprint density at radius 2 is 2.10 bits per heavy atom. The summed E-state index contributed by atoms with van der Waals surface area (Å²) in [5, 5.41) is 13.6. The number of rotatable bonds is 5. The Kier molecular flexibility index (Phi) is 5.65. The minimum Gasteiger partial charge on any atom is -0.446 e. The van der Waals surface area contributed by atoms with Crippen LogP contribution in [-0.2, 0) is 22.5 Å². The van der Waals surface area contributed by atoms with Crippen molar-refractivity contribution in [2.75, 3.05) is 12.4 Å². The van der Waals surface area contributed by atoms with Crippen molar-refractivity contribution >= 4 is 23.5 Å². The monoisotopic (exact) mass is 411 g/mol. The fourth-order valence-corrected chi connectivity index (χ4v) is 4.17. The molecule has 0 unspecified atom stereocenters. The van der Waals surface area contributed by atoms with Gasteiger partial charge in [0.05, 0.1) is 6.42 Å². The Balaban J connectivity index is 1.36. The van der Waals surface area contributed by atoms with Crippen molar-refractivity contribution in [2.45, 2.75) is 64.1 Å². The van der Waals surface area contributed by atoms with Gasteiger partial charge in [0, 0.05) is 43.0 Å². The van der Waals surface area contributed by atoms with Crippen LogP contribution in [0.3, 0.4) is 0 Å². The molecule has 0 spiro atoms. The number of carbonyl (C=O) groups is 2. The first kappa shape index (κ1) is 20.3. The van der Waals surface area contributed by atoms with E-state index in [2.05, 4.69) is 26.9 Å². The zero-order valence-corrected chi connectivity index (χ0v) is 17.7. The molecule has 1 aromatic carbocycles. The third kappa shape index (κ3) is 4.58. The molecule has 160 valence electrons. The van der Waals surface area contributed by atoms with Gasteiger partial charge in [-0.3, -0.25) is 9.89 Å². The molecular weight excluding hydrogens is 382 g/mol. The lowest BCUT2D eigenvalue weighted by atomic mass is 9.99. The predicted octanol–water partition coefficient (Wildman–Crippen LogP) is 3.44. The van der Waals surface area contributed by atoms with Crippen LogP contribution in [0.5, 0.6) is 0 Å². The Morgan fingerprint density at radius 3 is 2.90 bits per heavy atom. The van der Waals surface area contributed by atoms with E-state index in [4.69, 9.17) is 4.74 Å². The normalized spacial score (nSPS) is 20.9. The van der Waals surface area contributed by atoms with Crippen LogP contribution in [0.2, 0.25) is 0 Å². The van der Waals surface area contributed by atoms with Crippen molar-refractivity contribution in [2.24, 2.45) is 0 Å². The van der Waals surface area contributed by atoms with Gasteiger partial charge >= 0.3 is 6.09 Å². The van der Waals surface area contributed by atoms with Gasteiger partial charge in [-0.1, -0.05) is 6.07 Å². The first-order valence-electron chi connectivity index (χ1n) is 10.5. The van der Waals surface area contributed by atoms with E-state index in [0.29, 0.717) is 18.9 Å². The molecular formula is C22H29N5O3. The number of ether oxygens (including phenoxy) is 1. The van der Waals surface area contributed by atoms with Crippen molar-refractivity contribution in [3.05, 3.63) is 41.1 Å². The van der Waals surface area contributed by atoms with E-state index in [0.717, 1.165) is 47.6 Å². The average Bonchev–Trinajstić information content (AvgIpc) is 3.31. The number of likely N-dealkylation sites (N-methyl/N-ethyl adjacent to an activating group) is 1. The van der Waals surface area contributed by atoms with Gasteiger partial charge in [0.2, 0.25) is 5.91 Å². The van der Waals surface area contributed by atoms with Gasteiger partial charge in [-0.15, -0.1) is 0 Å². The second-order valence-corrected chi connectivity index (χ2v) is 8.58. The van der Waals surface area contributed by atoms with E-state index in [-0.39, 0.29) is 24.1 Å². The number of anilines is 2. The number of aromatic nitrogens is 2. The van der Waals surface area contributed by atoms with Crippen LogP contribution in [0, 0.1) is 0 Å². The maximum Gasteiger partial charge on any atom is 0.407 e. The molecule has 1 saturated carbocycles. The molecule has 3 N–H and O–H groups in total. The molecule has 0 saturated heterocycles. The summed E-state index contributed by atoms with van der Waals surface area (Å²) in [4.78, 5) is 25.4. The van der Waals surface area contributed by atoms with Crippen LogP contribution < -0.4 is 10.6 Å². The number of H-pyrrole nitrogens is 1. The summed E-state index contributed by atoms with van der Waals surface area (Å²) in [6.07, 6.45) is 2.66. The van der Waals surface area contributed by atoms with Crippen LogP contribution in [-0.4, -0.2) is 46.3 Å². The topological polar surface area (TPSA) is 99.3 Å². The van der Waals surface area contributed by atoms with E-state index in [9.17, 15) is 9.59 Å². The molecule has 4 rings (SSSR count). The molecule has 2 atom stereocenters. The first-order valence-corrected chi connectivity index (χ1v) is 10.5. The smallest absolute Gasteiger partial charge is 0.407 e. The van der Waals surface area contributed by atoms with Crippen molar-refractivity contribution in [1.29, 1.82) is 0 Å². The lowest BCUT2D eigenvalue weighted by molar-refractivity contribution is -0.130. The molecule has 2 heterocycles. The van der Waals surface area contributed by atoms with Crippen molar-refractivity contribution in [1.82, 2.24) is 20.4 Å². The van der Waals surface area contributed by atoms with Gasteiger partial charge in [-0.2, -0.15) is 5.10 Å².